The summed E-state index contributed by atoms with van der Waals surface area (Å²) in [6.45, 7) is 3.98. The van der Waals surface area contributed by atoms with Crippen LogP contribution >= 0.6 is 11.6 Å². The Morgan fingerprint density at radius 3 is 2.76 bits per heavy atom. The number of nitrogens with zero attached hydrogens (tertiary/aromatic N) is 1. The van der Waals surface area contributed by atoms with E-state index >= 15 is 0 Å². The van der Waals surface area contributed by atoms with Crippen LogP contribution in [0.3, 0.4) is 0 Å². The minimum absolute atomic E-state index is 0.0407. The maximum Gasteiger partial charge on any atom is 0.214 e. The standard InChI is InChI=1S/C10H20ClNO4S/c1-8(3-11)7-17(14,15)12-4-10(5-13)16-6-9(12)2/h8-10,13H,3-7H2,1-2H3. The Labute approximate surface area is 108 Å². The van der Waals surface area contributed by atoms with E-state index in [-0.39, 0.29) is 30.9 Å². The summed E-state index contributed by atoms with van der Waals surface area (Å²) in [5, 5.41) is 9.02. The molecule has 1 aliphatic rings. The van der Waals surface area contributed by atoms with E-state index in [1.165, 1.54) is 4.31 Å². The molecule has 1 saturated heterocycles. The number of hydrogen-bond acceptors (Lipinski definition) is 4. The molecular weight excluding hydrogens is 266 g/mol. The molecule has 0 aromatic heterocycles. The van der Waals surface area contributed by atoms with Crippen molar-refractivity contribution in [3.05, 3.63) is 0 Å². The number of rotatable bonds is 5. The third kappa shape index (κ3) is 4.06. The summed E-state index contributed by atoms with van der Waals surface area (Å²) in [6, 6.07) is -0.190. The monoisotopic (exact) mass is 285 g/mol. The summed E-state index contributed by atoms with van der Waals surface area (Å²) in [5.41, 5.74) is 0. The fourth-order valence-corrected chi connectivity index (χ4v) is 4.06. The van der Waals surface area contributed by atoms with Crippen molar-refractivity contribution >= 4 is 21.6 Å². The zero-order valence-electron chi connectivity index (χ0n) is 10.2. The lowest BCUT2D eigenvalue weighted by molar-refractivity contribution is -0.0516. The molecule has 0 aromatic carbocycles. The van der Waals surface area contributed by atoms with Gasteiger partial charge in [0.15, 0.2) is 0 Å². The summed E-state index contributed by atoms with van der Waals surface area (Å²) in [6.07, 6.45) is -0.424. The zero-order valence-corrected chi connectivity index (χ0v) is 11.7. The van der Waals surface area contributed by atoms with Crippen LogP contribution < -0.4 is 0 Å². The van der Waals surface area contributed by atoms with Gasteiger partial charge in [-0.25, -0.2) is 8.42 Å². The van der Waals surface area contributed by atoms with Gasteiger partial charge < -0.3 is 9.84 Å². The van der Waals surface area contributed by atoms with Crippen molar-refractivity contribution in [2.75, 3.05) is 31.4 Å². The molecule has 0 aliphatic carbocycles. The summed E-state index contributed by atoms with van der Waals surface area (Å²) in [7, 11) is -3.33. The molecule has 1 rings (SSSR count). The zero-order chi connectivity index (χ0) is 13.1. The van der Waals surface area contributed by atoms with Crippen molar-refractivity contribution in [3.8, 4) is 0 Å². The third-order valence-corrected chi connectivity index (χ3v) is 5.51. The summed E-state index contributed by atoms with van der Waals surface area (Å²) < 4.78 is 31.0. The Bertz CT molecular complexity index is 335. The van der Waals surface area contributed by atoms with Crippen LogP contribution in [0.25, 0.3) is 0 Å². The van der Waals surface area contributed by atoms with E-state index in [1.807, 2.05) is 0 Å². The molecule has 1 fully saturated rings. The van der Waals surface area contributed by atoms with E-state index in [0.717, 1.165) is 0 Å². The van der Waals surface area contributed by atoms with Crippen molar-refractivity contribution in [2.45, 2.75) is 26.0 Å². The van der Waals surface area contributed by atoms with E-state index in [0.29, 0.717) is 12.5 Å². The van der Waals surface area contributed by atoms with Crippen molar-refractivity contribution in [1.82, 2.24) is 4.31 Å². The molecule has 0 saturated carbocycles. The second-order valence-corrected chi connectivity index (χ2v) is 6.87. The summed E-state index contributed by atoms with van der Waals surface area (Å²) >= 11 is 5.64. The van der Waals surface area contributed by atoms with Gasteiger partial charge in [0.25, 0.3) is 0 Å². The highest BCUT2D eigenvalue weighted by Gasteiger charge is 2.34. The van der Waals surface area contributed by atoms with Gasteiger partial charge in [-0.3, -0.25) is 0 Å². The highest BCUT2D eigenvalue weighted by Crippen LogP contribution is 2.18. The van der Waals surface area contributed by atoms with Crippen LogP contribution in [-0.4, -0.2) is 61.4 Å². The fourth-order valence-electron chi connectivity index (χ4n) is 1.79. The molecule has 0 amide bonds. The molecule has 0 bridgehead atoms. The molecule has 0 aromatic rings. The van der Waals surface area contributed by atoms with Gasteiger partial charge in [0.05, 0.1) is 25.1 Å². The highest BCUT2D eigenvalue weighted by molar-refractivity contribution is 7.89. The molecule has 0 spiro atoms. The Balaban J connectivity index is 2.74. The quantitative estimate of drug-likeness (QED) is 0.737. The molecule has 17 heavy (non-hydrogen) atoms. The topological polar surface area (TPSA) is 66.8 Å². The van der Waals surface area contributed by atoms with Gasteiger partial charge in [-0.05, 0) is 12.8 Å². The van der Waals surface area contributed by atoms with Gasteiger partial charge >= 0.3 is 0 Å². The SMILES string of the molecule is CC(CCl)CS(=O)(=O)N1CC(CO)OCC1C. The molecule has 1 aliphatic heterocycles. The minimum Gasteiger partial charge on any atom is -0.394 e. The van der Waals surface area contributed by atoms with Crippen LogP contribution in [0.1, 0.15) is 13.8 Å². The van der Waals surface area contributed by atoms with E-state index < -0.39 is 16.1 Å². The van der Waals surface area contributed by atoms with Crippen LogP contribution in [0, 0.1) is 5.92 Å². The molecular formula is C10H20ClNO4S. The second kappa shape index (κ2) is 6.33. The van der Waals surface area contributed by atoms with Crippen LogP contribution in [0.5, 0.6) is 0 Å². The lowest BCUT2D eigenvalue weighted by atomic mass is 10.2. The van der Waals surface area contributed by atoms with Crippen molar-refractivity contribution in [1.29, 1.82) is 0 Å². The number of ether oxygens (including phenoxy) is 1. The van der Waals surface area contributed by atoms with Crippen LogP contribution in [0.4, 0.5) is 0 Å². The average Bonchev–Trinajstić information content (AvgIpc) is 2.28. The molecule has 5 nitrogen and oxygen atoms in total. The first-order valence-corrected chi connectivity index (χ1v) is 7.83. The summed E-state index contributed by atoms with van der Waals surface area (Å²) in [5.74, 6) is 0.282. The van der Waals surface area contributed by atoms with E-state index in [1.54, 1.807) is 13.8 Å². The average molecular weight is 286 g/mol. The first-order chi connectivity index (χ1) is 7.90. The Morgan fingerprint density at radius 1 is 1.59 bits per heavy atom. The largest absolute Gasteiger partial charge is 0.394 e. The maximum absolute atomic E-state index is 12.2. The summed E-state index contributed by atoms with van der Waals surface area (Å²) in [4.78, 5) is 0. The van der Waals surface area contributed by atoms with Gasteiger partial charge in [-0.1, -0.05) is 6.92 Å². The first-order valence-electron chi connectivity index (χ1n) is 5.68. The minimum atomic E-state index is -3.33. The van der Waals surface area contributed by atoms with Gasteiger partial charge in [0, 0.05) is 18.5 Å². The van der Waals surface area contributed by atoms with E-state index in [9.17, 15) is 8.42 Å². The van der Waals surface area contributed by atoms with Crippen molar-refractivity contribution in [2.24, 2.45) is 5.92 Å². The van der Waals surface area contributed by atoms with Crippen molar-refractivity contribution < 1.29 is 18.3 Å². The maximum atomic E-state index is 12.2. The smallest absolute Gasteiger partial charge is 0.214 e. The van der Waals surface area contributed by atoms with E-state index in [4.69, 9.17) is 21.4 Å². The second-order valence-electron chi connectivity index (χ2n) is 4.59. The predicted molar refractivity (Wildman–Crippen MR) is 66.7 cm³/mol. The predicted octanol–water partition coefficient (Wildman–Crippen LogP) is 0.273. The number of alkyl halides is 1. The Kier molecular flexibility index (Phi) is 5.66. The highest BCUT2D eigenvalue weighted by atomic mass is 35.5. The molecule has 102 valence electrons. The van der Waals surface area contributed by atoms with Gasteiger partial charge in [-0.2, -0.15) is 4.31 Å². The van der Waals surface area contributed by atoms with Gasteiger partial charge in [0.2, 0.25) is 10.0 Å². The number of morpholine rings is 1. The molecule has 3 unspecified atom stereocenters. The number of aliphatic hydroxyl groups is 1. The Morgan fingerprint density at radius 2 is 2.24 bits per heavy atom. The molecule has 0 radical (unpaired) electrons. The van der Waals surface area contributed by atoms with Crippen molar-refractivity contribution in [3.63, 3.8) is 0 Å². The molecule has 7 heteroatoms. The van der Waals surface area contributed by atoms with Crippen LogP contribution in [0.2, 0.25) is 0 Å². The van der Waals surface area contributed by atoms with Crippen LogP contribution in [0.15, 0.2) is 0 Å². The molecule has 1 N–H and O–H groups in total. The normalized spacial score (nSPS) is 29.2. The lowest BCUT2D eigenvalue weighted by Crippen LogP contribution is -2.53. The van der Waals surface area contributed by atoms with Gasteiger partial charge in [-0.15, -0.1) is 11.6 Å². The number of hydrogen-bond donors (Lipinski definition) is 1. The third-order valence-electron chi connectivity index (χ3n) is 2.77. The number of sulfonamides is 1. The van der Waals surface area contributed by atoms with Crippen LogP contribution in [-0.2, 0) is 14.8 Å². The number of aliphatic hydroxyl groups excluding tert-OH is 1. The lowest BCUT2D eigenvalue weighted by Gasteiger charge is -2.36. The molecule has 3 atom stereocenters. The van der Waals surface area contributed by atoms with E-state index in [2.05, 4.69) is 0 Å². The first kappa shape index (κ1) is 15.2. The molecule has 1 heterocycles. The Hall–Kier alpha value is 0.120. The fraction of sp³-hybridized carbons (Fsp3) is 1.00. The number of halogens is 1. The van der Waals surface area contributed by atoms with Gasteiger partial charge in [0.1, 0.15) is 0 Å².